The number of para-hydroxylation sites is 4. The molecule has 8 rings (SSSR count). The Bertz CT molecular complexity index is 3830. The molecule has 75 heavy (non-hydrogen) atoms. The number of halogens is 2. The first-order valence-electron chi connectivity index (χ1n) is 22.1. The van der Waals surface area contributed by atoms with Gasteiger partial charge in [-0.25, -0.2) is 0 Å². The summed E-state index contributed by atoms with van der Waals surface area (Å²) < 4.78 is 77.2. The van der Waals surface area contributed by atoms with Gasteiger partial charge >= 0.3 is 37.7 Å². The normalized spacial score (nSPS) is 11.9. The monoisotopic (exact) mass is 1120 g/mol. The zero-order valence-electron chi connectivity index (χ0n) is 40.1. The summed E-state index contributed by atoms with van der Waals surface area (Å²) in [6.45, 7) is 7.33. The number of aromatic hydroxyl groups is 1. The van der Waals surface area contributed by atoms with Crippen molar-refractivity contribution in [2.75, 3.05) is 18.5 Å². The molecular weight excluding hydrogens is 1080 g/mol. The predicted octanol–water partition coefficient (Wildman–Crippen LogP) is 11.8. The number of carbonyl (C=O) groups is 1. The van der Waals surface area contributed by atoms with Gasteiger partial charge in [0.15, 0.2) is 5.75 Å². The molecule has 0 aromatic heterocycles. The van der Waals surface area contributed by atoms with E-state index in [0.29, 0.717) is 51.9 Å². The van der Waals surface area contributed by atoms with Crippen molar-refractivity contribution < 1.29 is 55.5 Å². The molecule has 0 atom stereocenters. The van der Waals surface area contributed by atoms with Crippen LogP contribution >= 0.6 is 23.2 Å². The first-order chi connectivity index (χ1) is 35.2. The van der Waals surface area contributed by atoms with Crippen molar-refractivity contribution in [1.29, 1.82) is 0 Å². The van der Waals surface area contributed by atoms with Crippen LogP contribution in [0.2, 0.25) is 10.0 Å². The second-order valence-corrected chi connectivity index (χ2v) is 19.3. The number of aliphatic imine (C=N–C) groups is 1. The largest absolute Gasteiger partial charge is 2.00 e. The van der Waals surface area contributed by atoms with Crippen LogP contribution in [-0.4, -0.2) is 93.8 Å². The van der Waals surface area contributed by atoms with Crippen LogP contribution in [0.4, 0.5) is 34.1 Å². The van der Waals surface area contributed by atoms with Gasteiger partial charge in [0.25, 0.3) is 26.1 Å². The average Bonchev–Trinajstić information content (AvgIpc) is 3.35. The molecule has 0 aliphatic carbocycles. The van der Waals surface area contributed by atoms with Crippen molar-refractivity contribution in [2.24, 2.45) is 25.4 Å². The van der Waals surface area contributed by atoms with Gasteiger partial charge in [-0.15, -0.1) is 15.3 Å². The molecule has 0 radical (unpaired) electrons. The smallest absolute Gasteiger partial charge is 0.871 e. The van der Waals surface area contributed by atoms with Crippen molar-refractivity contribution >= 4 is 149 Å². The van der Waals surface area contributed by atoms with E-state index >= 15 is 0 Å². The predicted molar refractivity (Wildman–Crippen MR) is 284 cm³/mol. The Morgan fingerprint density at radius 2 is 1.07 bits per heavy atom. The first kappa shape index (κ1) is 57.6. The third-order valence-electron chi connectivity index (χ3n) is 10.8. The molecule has 0 aliphatic rings. The van der Waals surface area contributed by atoms with E-state index in [9.17, 15) is 46.1 Å². The number of fused-ring (bicyclic) bond motifs is 2. The van der Waals surface area contributed by atoms with Crippen LogP contribution in [0.1, 0.15) is 40.9 Å². The number of anilines is 1. The minimum absolute atomic E-state index is 0. The molecule has 8 aromatic carbocycles. The molecule has 0 saturated heterocycles. The van der Waals surface area contributed by atoms with Crippen LogP contribution in [0.3, 0.4) is 0 Å². The quantitative estimate of drug-likeness (QED) is 0.0260. The Labute approximate surface area is 470 Å². The number of amides is 1. The Balaban J connectivity index is 0.000000241. The number of azo groups is 2. The minimum atomic E-state index is -4.63. The summed E-state index contributed by atoms with van der Waals surface area (Å²) in [7, 11) is -9.24. The van der Waals surface area contributed by atoms with Crippen LogP contribution in [0.25, 0.3) is 21.5 Å². The summed E-state index contributed by atoms with van der Waals surface area (Å²) in [4.78, 5) is 16.3. The zero-order valence-corrected chi connectivity index (χ0v) is 45.5. The second-order valence-electron chi connectivity index (χ2n) is 15.8. The topological polar surface area (TPSA) is 284 Å². The number of rotatable bonds is 14. The van der Waals surface area contributed by atoms with Gasteiger partial charge in [0.05, 0.1) is 40.2 Å². The van der Waals surface area contributed by atoms with Gasteiger partial charge in [-0.05, 0) is 110 Å². The number of nitrogens with one attached hydrogen (secondary N) is 1. The summed E-state index contributed by atoms with van der Waals surface area (Å²) in [6, 6.07) is 35.9. The Morgan fingerprint density at radius 3 is 1.61 bits per heavy atom. The van der Waals surface area contributed by atoms with Gasteiger partial charge in [-0.2, -0.15) is 21.9 Å². The molecule has 8 aromatic rings. The molecular formula is C52H42CaCl2N6O12S2. The number of nitrogens with zero attached hydrogens (tertiary/aromatic N) is 5. The SMILES string of the molecule is CCOc1ccccc1N=C([O-])c1cc2ccccc2c(N=Nc2ccc(C)c(S(=O)(=O)O)c2Cl)c1[O-].CCOc1ccccc1NC(=O)c1cc2ccccc2c(N=Nc2ccc(C)c(S(=O)(=O)O)c2Cl)c1O.[Ca+2]. The van der Waals surface area contributed by atoms with Gasteiger partial charge in [-0.3, -0.25) is 18.9 Å². The maximum atomic E-state index is 13.4. The average molecular weight is 1120 g/mol. The fraction of sp³-hybridized carbons (Fsp3) is 0.115. The molecule has 380 valence electrons. The van der Waals surface area contributed by atoms with Crippen LogP contribution in [0.5, 0.6) is 23.0 Å². The van der Waals surface area contributed by atoms with E-state index in [-0.39, 0.29) is 98.5 Å². The minimum Gasteiger partial charge on any atom is -0.871 e. The van der Waals surface area contributed by atoms with E-state index in [4.69, 9.17) is 32.7 Å². The first-order valence-corrected chi connectivity index (χ1v) is 25.7. The number of hydrogen-bond donors (Lipinski definition) is 4. The van der Waals surface area contributed by atoms with E-state index < -0.39 is 53.3 Å². The molecule has 23 heteroatoms. The Hall–Kier alpha value is -6.72. The third-order valence-corrected chi connectivity index (χ3v) is 13.9. The standard InChI is InChI=1S/2C26H22ClN3O6S.Ca/c2*1-3-36-21-11-7-6-10-19(21)28-26(32)18-14-16-8-4-5-9-17(16)23(24(18)31)30-29-20-13-12-15(2)25(22(20)27)37(33,34)35;/h2*4-14,31H,3H2,1-2H3,(H,28,32)(H,33,34,35);/q;;+2/p-2. The number of hydrogen-bond acceptors (Lipinski definition) is 15. The third kappa shape index (κ3) is 13.2. The van der Waals surface area contributed by atoms with E-state index in [1.165, 1.54) is 50.2 Å². The molecule has 1 amide bonds. The number of ether oxygens (including phenoxy) is 2. The summed E-state index contributed by atoms with van der Waals surface area (Å²) in [5.74, 6) is -1.68. The molecule has 0 saturated carbocycles. The van der Waals surface area contributed by atoms with Crippen LogP contribution < -0.4 is 25.0 Å². The summed E-state index contributed by atoms with van der Waals surface area (Å²) in [6.07, 6.45) is 0. The Morgan fingerprint density at radius 1 is 0.613 bits per heavy atom. The van der Waals surface area contributed by atoms with Gasteiger partial charge in [0, 0.05) is 10.8 Å². The van der Waals surface area contributed by atoms with Gasteiger partial charge < -0.3 is 30.1 Å². The van der Waals surface area contributed by atoms with E-state index in [1.54, 1.807) is 104 Å². The number of benzene rings is 8. The van der Waals surface area contributed by atoms with Crippen molar-refractivity contribution in [1.82, 2.24) is 0 Å². The molecule has 18 nitrogen and oxygen atoms in total. The number of phenolic OH excluding ortho intramolecular Hbond substituents is 1. The second kappa shape index (κ2) is 24.7. The van der Waals surface area contributed by atoms with Crippen molar-refractivity contribution in [3.05, 3.63) is 166 Å². The maximum absolute atomic E-state index is 13.4. The maximum Gasteiger partial charge on any atom is 2.00 e. The molecule has 0 fully saturated rings. The fourth-order valence-electron chi connectivity index (χ4n) is 7.48. The van der Waals surface area contributed by atoms with Crippen LogP contribution in [-0.2, 0) is 20.2 Å². The number of carbonyl (C=O) groups excluding carboxylic acids is 1. The van der Waals surface area contributed by atoms with Gasteiger partial charge in [0.1, 0.15) is 44.0 Å². The molecule has 0 aliphatic heterocycles. The number of phenols is 1. The molecule has 0 heterocycles. The van der Waals surface area contributed by atoms with Crippen molar-refractivity contribution in [2.45, 2.75) is 37.5 Å². The van der Waals surface area contributed by atoms with E-state index in [0.717, 1.165) is 0 Å². The van der Waals surface area contributed by atoms with Crippen LogP contribution in [0, 0.1) is 13.8 Å². The van der Waals surface area contributed by atoms with Gasteiger partial charge in [-0.1, -0.05) is 114 Å². The van der Waals surface area contributed by atoms with E-state index in [1.807, 2.05) is 6.92 Å². The molecule has 4 N–H and O–H groups in total. The van der Waals surface area contributed by atoms with Crippen molar-refractivity contribution in [3.8, 4) is 23.0 Å². The molecule has 0 spiro atoms. The number of aryl methyl sites for hydroxylation is 2. The summed E-state index contributed by atoms with van der Waals surface area (Å²) in [5.41, 5.74) is 0.530. The molecule has 0 unspecified atom stereocenters. The summed E-state index contributed by atoms with van der Waals surface area (Å²) in [5, 5.41) is 57.9. The van der Waals surface area contributed by atoms with Crippen molar-refractivity contribution in [3.63, 3.8) is 0 Å². The van der Waals surface area contributed by atoms with Gasteiger partial charge in [0.2, 0.25) is 0 Å². The summed E-state index contributed by atoms with van der Waals surface area (Å²) >= 11 is 12.4. The molecule has 0 bridgehead atoms. The van der Waals surface area contributed by atoms with Crippen LogP contribution in [0.15, 0.2) is 169 Å². The zero-order chi connectivity index (χ0) is 53.5. The Kier molecular flexibility index (Phi) is 19.0. The fourth-order valence-corrected chi connectivity index (χ4v) is 10.2. The van der Waals surface area contributed by atoms with E-state index in [2.05, 4.69) is 30.8 Å².